The molecule has 5 nitrogen and oxygen atoms in total. The summed E-state index contributed by atoms with van der Waals surface area (Å²) < 4.78 is 34.9. The maximum atomic E-state index is 13.7. The molecule has 6 heteroatoms. The summed E-state index contributed by atoms with van der Waals surface area (Å²) in [5.41, 5.74) is 8.30. The molecule has 2 atom stereocenters. The van der Waals surface area contributed by atoms with Crippen molar-refractivity contribution >= 4 is 15.7 Å². The van der Waals surface area contributed by atoms with E-state index in [1.54, 1.807) is 28.6 Å². The molecule has 1 aliphatic carbocycles. The van der Waals surface area contributed by atoms with Crippen LogP contribution in [0.2, 0.25) is 0 Å². The number of nitrogens with zero attached hydrogens (tertiary/aromatic N) is 1. The summed E-state index contributed by atoms with van der Waals surface area (Å²) in [6.45, 7) is 1.16. The lowest BCUT2D eigenvalue weighted by atomic mass is 9.93. The Morgan fingerprint density at radius 2 is 1.79 bits per heavy atom. The van der Waals surface area contributed by atoms with Crippen molar-refractivity contribution in [1.82, 2.24) is 4.31 Å². The molecule has 4 rings (SSSR count). The SMILES string of the molecule is Nc1ccccc1S(=O)(=O)N1Cc2ccccc2COCC1CC1C=CC=CC1. The number of fused-ring (bicyclic) bond motifs is 1. The zero-order valence-corrected chi connectivity index (χ0v) is 17.1. The van der Waals surface area contributed by atoms with Gasteiger partial charge in [-0.2, -0.15) is 4.31 Å². The summed E-state index contributed by atoms with van der Waals surface area (Å²) in [5, 5.41) is 0. The number of hydrogen-bond donors (Lipinski definition) is 1. The van der Waals surface area contributed by atoms with Crippen molar-refractivity contribution in [2.24, 2.45) is 5.92 Å². The lowest BCUT2D eigenvalue weighted by Crippen LogP contribution is -2.44. The maximum Gasteiger partial charge on any atom is 0.245 e. The van der Waals surface area contributed by atoms with Gasteiger partial charge in [-0.1, -0.05) is 60.7 Å². The van der Waals surface area contributed by atoms with Crippen molar-refractivity contribution in [1.29, 1.82) is 0 Å². The van der Waals surface area contributed by atoms with Gasteiger partial charge in [0.1, 0.15) is 4.90 Å². The third kappa shape index (κ3) is 4.29. The van der Waals surface area contributed by atoms with E-state index in [0.29, 0.717) is 26.2 Å². The molecule has 2 aromatic carbocycles. The van der Waals surface area contributed by atoms with E-state index in [9.17, 15) is 8.42 Å². The highest BCUT2D eigenvalue weighted by Crippen LogP contribution is 2.31. The number of nitrogens with two attached hydrogens (primary N) is 1. The highest BCUT2D eigenvalue weighted by Gasteiger charge is 2.35. The van der Waals surface area contributed by atoms with E-state index >= 15 is 0 Å². The average molecular weight is 411 g/mol. The van der Waals surface area contributed by atoms with Crippen molar-refractivity contribution in [3.63, 3.8) is 0 Å². The zero-order valence-electron chi connectivity index (χ0n) is 16.3. The highest BCUT2D eigenvalue weighted by molar-refractivity contribution is 7.89. The number of anilines is 1. The van der Waals surface area contributed by atoms with Crippen molar-refractivity contribution in [2.75, 3.05) is 12.3 Å². The van der Waals surface area contributed by atoms with E-state index in [1.807, 2.05) is 36.4 Å². The zero-order chi connectivity index (χ0) is 20.3. The number of sulfonamides is 1. The molecule has 29 heavy (non-hydrogen) atoms. The molecule has 0 spiro atoms. The topological polar surface area (TPSA) is 72.6 Å². The first-order valence-electron chi connectivity index (χ1n) is 9.90. The standard InChI is InChI=1S/C23H26N2O3S/c24-22-12-6-7-13-23(22)29(26,27)25-15-19-10-4-5-11-20(19)16-28-17-21(25)14-18-8-2-1-3-9-18/h1-8,10-13,18,21H,9,14-17,24H2. The minimum atomic E-state index is -3.79. The van der Waals surface area contributed by atoms with Crippen LogP contribution in [0.4, 0.5) is 5.69 Å². The van der Waals surface area contributed by atoms with Crippen LogP contribution in [0, 0.1) is 5.92 Å². The van der Waals surface area contributed by atoms with Crippen LogP contribution in [-0.4, -0.2) is 25.4 Å². The Hall–Kier alpha value is -2.41. The van der Waals surface area contributed by atoms with Crippen molar-refractivity contribution < 1.29 is 13.2 Å². The number of benzene rings is 2. The Morgan fingerprint density at radius 1 is 1.03 bits per heavy atom. The first-order valence-corrected chi connectivity index (χ1v) is 11.3. The summed E-state index contributed by atoms with van der Waals surface area (Å²) in [5.74, 6) is 0.286. The molecule has 0 fully saturated rings. The smallest absolute Gasteiger partial charge is 0.245 e. The lowest BCUT2D eigenvalue weighted by Gasteiger charge is -2.35. The molecule has 2 aliphatic rings. The predicted octanol–water partition coefficient (Wildman–Crippen LogP) is 3.88. The fraction of sp³-hybridized carbons (Fsp3) is 0.304. The van der Waals surface area contributed by atoms with Crippen molar-refractivity contribution in [3.8, 4) is 0 Å². The lowest BCUT2D eigenvalue weighted by molar-refractivity contribution is 0.0605. The molecular formula is C23H26N2O3S. The van der Waals surface area contributed by atoms with E-state index in [4.69, 9.17) is 10.5 Å². The molecule has 0 bridgehead atoms. The minimum Gasteiger partial charge on any atom is -0.398 e. The second kappa shape index (κ2) is 8.53. The Kier molecular flexibility index (Phi) is 5.85. The van der Waals surface area contributed by atoms with Gasteiger partial charge in [0.05, 0.1) is 18.9 Å². The summed E-state index contributed by atoms with van der Waals surface area (Å²) in [4.78, 5) is 0.155. The Labute approximate surface area is 172 Å². The van der Waals surface area contributed by atoms with Crippen molar-refractivity contribution in [2.45, 2.75) is 36.9 Å². The van der Waals surface area contributed by atoms with E-state index in [0.717, 1.165) is 17.5 Å². The first kappa shape index (κ1) is 19.9. The Balaban J connectivity index is 1.74. The second-order valence-corrected chi connectivity index (χ2v) is 9.43. The molecule has 0 saturated heterocycles. The number of hydrogen-bond acceptors (Lipinski definition) is 4. The van der Waals surface area contributed by atoms with Crippen LogP contribution in [0.3, 0.4) is 0 Å². The van der Waals surface area contributed by atoms with Crippen LogP contribution in [0.25, 0.3) is 0 Å². The molecule has 0 radical (unpaired) electrons. The molecule has 2 N–H and O–H groups in total. The molecule has 0 amide bonds. The van der Waals surface area contributed by atoms with Crippen molar-refractivity contribution in [3.05, 3.63) is 84.0 Å². The third-order valence-corrected chi connectivity index (χ3v) is 7.54. The molecular weight excluding hydrogens is 384 g/mol. The fourth-order valence-corrected chi connectivity index (χ4v) is 5.72. The Bertz CT molecular complexity index is 1030. The number of nitrogen functional groups attached to an aromatic ring is 1. The fourth-order valence-electron chi connectivity index (χ4n) is 4.00. The summed E-state index contributed by atoms with van der Waals surface area (Å²) in [6, 6.07) is 14.3. The van der Waals surface area contributed by atoms with Gasteiger partial charge in [-0.3, -0.25) is 0 Å². The van der Waals surface area contributed by atoms with Gasteiger partial charge < -0.3 is 10.5 Å². The molecule has 2 aromatic rings. The van der Waals surface area contributed by atoms with Crippen LogP contribution in [0.1, 0.15) is 24.0 Å². The number of rotatable bonds is 4. The monoisotopic (exact) mass is 410 g/mol. The molecule has 1 heterocycles. The van der Waals surface area contributed by atoms with Crippen LogP contribution in [0.5, 0.6) is 0 Å². The minimum absolute atomic E-state index is 0.155. The van der Waals surface area contributed by atoms with Gasteiger partial charge in [0.15, 0.2) is 0 Å². The molecule has 0 saturated carbocycles. The normalized spacial score (nSPS) is 22.6. The molecule has 0 aromatic heterocycles. The Morgan fingerprint density at radius 3 is 2.55 bits per heavy atom. The van der Waals surface area contributed by atoms with E-state index in [2.05, 4.69) is 12.2 Å². The van der Waals surface area contributed by atoms with Gasteiger partial charge in [-0.25, -0.2) is 8.42 Å². The molecule has 2 unspecified atom stereocenters. The van der Waals surface area contributed by atoms with Crippen LogP contribution in [-0.2, 0) is 27.9 Å². The van der Waals surface area contributed by atoms with Gasteiger partial charge in [0.25, 0.3) is 0 Å². The highest BCUT2D eigenvalue weighted by atomic mass is 32.2. The van der Waals surface area contributed by atoms with Gasteiger partial charge in [0, 0.05) is 12.6 Å². The average Bonchev–Trinajstić information content (AvgIpc) is 2.71. The van der Waals surface area contributed by atoms with Gasteiger partial charge in [-0.15, -0.1) is 0 Å². The van der Waals surface area contributed by atoms with Crippen LogP contribution < -0.4 is 5.73 Å². The summed E-state index contributed by atoms with van der Waals surface area (Å²) in [6.07, 6.45) is 9.94. The summed E-state index contributed by atoms with van der Waals surface area (Å²) >= 11 is 0. The second-order valence-electron chi connectivity index (χ2n) is 7.57. The molecule has 152 valence electrons. The largest absolute Gasteiger partial charge is 0.398 e. The summed E-state index contributed by atoms with van der Waals surface area (Å²) in [7, 11) is -3.79. The van der Waals surface area contributed by atoms with E-state index in [1.165, 1.54) is 0 Å². The van der Waals surface area contributed by atoms with Crippen LogP contribution in [0.15, 0.2) is 77.7 Å². The number of allylic oxidation sites excluding steroid dienone is 4. The third-order valence-electron chi connectivity index (χ3n) is 5.57. The van der Waals surface area contributed by atoms with E-state index in [-0.39, 0.29) is 22.5 Å². The maximum absolute atomic E-state index is 13.7. The van der Waals surface area contributed by atoms with Gasteiger partial charge >= 0.3 is 0 Å². The van der Waals surface area contributed by atoms with Crippen LogP contribution >= 0.6 is 0 Å². The molecule has 1 aliphatic heterocycles. The van der Waals surface area contributed by atoms with E-state index < -0.39 is 10.0 Å². The number of para-hydroxylation sites is 1. The van der Waals surface area contributed by atoms with Gasteiger partial charge in [0.2, 0.25) is 10.0 Å². The predicted molar refractivity (Wildman–Crippen MR) is 114 cm³/mol. The first-order chi connectivity index (χ1) is 14.1. The van der Waals surface area contributed by atoms with Gasteiger partial charge in [-0.05, 0) is 42.0 Å². The number of ether oxygens (including phenoxy) is 1. The quantitative estimate of drug-likeness (QED) is 0.777.